The molecule has 2 heterocycles. The Kier molecular flexibility index (Phi) is 3.79. The first-order valence-electron chi connectivity index (χ1n) is 6.68. The molecule has 108 valence electrons. The van der Waals surface area contributed by atoms with Crippen molar-refractivity contribution in [3.8, 4) is 0 Å². The number of rotatable bonds is 3. The summed E-state index contributed by atoms with van der Waals surface area (Å²) in [7, 11) is 0. The fourth-order valence-corrected chi connectivity index (χ4v) is 2.89. The Balaban J connectivity index is 1.97. The zero-order valence-corrected chi connectivity index (χ0v) is 13.3. The summed E-state index contributed by atoms with van der Waals surface area (Å²) in [6, 6.07) is 7.60. The van der Waals surface area contributed by atoms with E-state index in [1.807, 2.05) is 41.9 Å². The first-order chi connectivity index (χ1) is 10.1. The van der Waals surface area contributed by atoms with Crippen LogP contribution in [0.1, 0.15) is 16.8 Å². The molecule has 0 aliphatic rings. The number of fused-ring (bicyclic) bond motifs is 1. The molecule has 0 radical (unpaired) electrons. The van der Waals surface area contributed by atoms with Crippen molar-refractivity contribution in [1.82, 2.24) is 9.38 Å². The lowest BCUT2D eigenvalue weighted by Crippen LogP contribution is -2.04. The molecule has 0 unspecified atom stereocenters. The summed E-state index contributed by atoms with van der Waals surface area (Å²) < 4.78 is 2.01. The van der Waals surface area contributed by atoms with Crippen molar-refractivity contribution in [2.75, 3.05) is 5.32 Å². The van der Waals surface area contributed by atoms with Gasteiger partial charge in [-0.2, -0.15) is 0 Å². The van der Waals surface area contributed by atoms with Gasteiger partial charge in [0.1, 0.15) is 0 Å². The third-order valence-electron chi connectivity index (χ3n) is 3.46. The molecule has 1 aromatic carbocycles. The van der Waals surface area contributed by atoms with Crippen LogP contribution in [-0.2, 0) is 6.54 Å². The van der Waals surface area contributed by atoms with Crippen LogP contribution in [0, 0.1) is 13.8 Å². The normalized spacial score (nSPS) is 11.0. The number of nitrogens with one attached hydrogen (secondary N) is 1. The first-order valence-corrected chi connectivity index (χ1v) is 7.43. The number of halogens is 2. The maximum atomic E-state index is 6.21. The molecule has 0 aliphatic carbocycles. The van der Waals surface area contributed by atoms with Crippen molar-refractivity contribution >= 4 is 34.5 Å². The molecule has 0 bridgehead atoms. The number of aromatic nitrogens is 2. The minimum atomic E-state index is 0.560. The van der Waals surface area contributed by atoms with Gasteiger partial charge in [-0.25, -0.2) is 4.98 Å². The van der Waals surface area contributed by atoms with Gasteiger partial charge >= 0.3 is 0 Å². The third kappa shape index (κ3) is 2.71. The fourth-order valence-electron chi connectivity index (χ4n) is 2.36. The summed E-state index contributed by atoms with van der Waals surface area (Å²) in [6.45, 7) is 4.60. The van der Waals surface area contributed by atoms with Gasteiger partial charge in [0, 0.05) is 34.5 Å². The Hall–Kier alpha value is -1.71. The Morgan fingerprint density at radius 2 is 1.86 bits per heavy atom. The number of imidazole rings is 1. The van der Waals surface area contributed by atoms with E-state index in [0.29, 0.717) is 16.6 Å². The summed E-state index contributed by atoms with van der Waals surface area (Å²) in [4.78, 5) is 4.57. The molecule has 3 nitrogen and oxygen atoms in total. The van der Waals surface area contributed by atoms with Gasteiger partial charge in [0.05, 0.1) is 11.4 Å². The highest BCUT2D eigenvalue weighted by molar-refractivity contribution is 6.36. The highest BCUT2D eigenvalue weighted by Crippen LogP contribution is 2.27. The second kappa shape index (κ2) is 5.58. The molecule has 21 heavy (non-hydrogen) atoms. The molecular formula is C16H15Cl2N3. The number of nitrogens with zero attached hydrogens (tertiary/aromatic N) is 2. The van der Waals surface area contributed by atoms with Crippen LogP contribution < -0.4 is 5.32 Å². The highest BCUT2D eigenvalue weighted by atomic mass is 35.5. The van der Waals surface area contributed by atoms with Crippen LogP contribution >= 0.6 is 23.2 Å². The smallest absolute Gasteiger partial charge is 0.160 e. The van der Waals surface area contributed by atoms with Crippen molar-refractivity contribution in [2.45, 2.75) is 20.4 Å². The third-order valence-corrected chi connectivity index (χ3v) is 4.17. The van der Waals surface area contributed by atoms with Gasteiger partial charge in [-0.15, -0.1) is 0 Å². The maximum Gasteiger partial charge on any atom is 0.160 e. The van der Waals surface area contributed by atoms with Gasteiger partial charge in [-0.05, 0) is 37.6 Å². The number of hydrogen-bond acceptors (Lipinski definition) is 2. The molecular weight excluding hydrogens is 305 g/mol. The molecule has 3 aromatic rings. The summed E-state index contributed by atoms with van der Waals surface area (Å²) in [6.07, 6.45) is 4.01. The molecule has 0 aliphatic heterocycles. The van der Waals surface area contributed by atoms with Crippen LogP contribution in [0.2, 0.25) is 10.0 Å². The summed E-state index contributed by atoms with van der Waals surface area (Å²) in [5.74, 6) is 0. The molecule has 5 heteroatoms. The van der Waals surface area contributed by atoms with E-state index in [1.54, 1.807) is 0 Å². The standard InChI is InChI=1S/C16H15Cl2N3/c1-10-6-7-21-9-11(2)20-16(21)15(10)19-8-12-13(17)4-3-5-14(12)18/h3-7,9,19H,8H2,1-2H3. The molecule has 0 saturated heterocycles. The van der Waals surface area contributed by atoms with Gasteiger partial charge in [-0.3, -0.25) is 0 Å². The number of pyridine rings is 1. The van der Waals surface area contributed by atoms with E-state index in [9.17, 15) is 0 Å². The maximum absolute atomic E-state index is 6.21. The van der Waals surface area contributed by atoms with Crippen LogP contribution in [0.25, 0.3) is 5.65 Å². The van der Waals surface area contributed by atoms with E-state index in [4.69, 9.17) is 23.2 Å². The molecule has 2 aromatic heterocycles. The fraction of sp³-hybridized carbons (Fsp3) is 0.188. The van der Waals surface area contributed by atoms with Gasteiger partial charge in [0.2, 0.25) is 0 Å². The summed E-state index contributed by atoms with van der Waals surface area (Å²) in [5, 5.41) is 4.75. The van der Waals surface area contributed by atoms with Crippen molar-refractivity contribution in [3.05, 3.63) is 63.5 Å². The van der Waals surface area contributed by atoms with E-state index >= 15 is 0 Å². The van der Waals surface area contributed by atoms with Crippen LogP contribution in [0.4, 0.5) is 5.69 Å². The van der Waals surface area contributed by atoms with Crippen molar-refractivity contribution in [2.24, 2.45) is 0 Å². The zero-order chi connectivity index (χ0) is 15.0. The summed E-state index contributed by atoms with van der Waals surface area (Å²) in [5.41, 5.74) is 4.93. The lowest BCUT2D eigenvalue weighted by molar-refractivity contribution is 1.11. The van der Waals surface area contributed by atoms with Gasteiger partial charge in [0.15, 0.2) is 5.65 Å². The minimum Gasteiger partial charge on any atom is -0.378 e. The Labute approximate surface area is 133 Å². The van der Waals surface area contributed by atoms with Crippen LogP contribution in [0.5, 0.6) is 0 Å². The molecule has 0 spiro atoms. The predicted octanol–water partition coefficient (Wildman–Crippen LogP) is 4.87. The first kappa shape index (κ1) is 14.2. The van der Waals surface area contributed by atoms with E-state index in [0.717, 1.165) is 28.2 Å². The highest BCUT2D eigenvalue weighted by Gasteiger charge is 2.10. The Bertz CT molecular complexity index is 788. The molecule has 1 N–H and O–H groups in total. The predicted molar refractivity (Wildman–Crippen MR) is 88.5 cm³/mol. The molecule has 0 atom stereocenters. The van der Waals surface area contributed by atoms with Crippen molar-refractivity contribution < 1.29 is 0 Å². The number of hydrogen-bond donors (Lipinski definition) is 1. The van der Waals surface area contributed by atoms with E-state index in [1.165, 1.54) is 0 Å². The largest absolute Gasteiger partial charge is 0.378 e. The van der Waals surface area contributed by atoms with Gasteiger partial charge < -0.3 is 9.72 Å². The van der Waals surface area contributed by atoms with Crippen LogP contribution in [0.15, 0.2) is 36.7 Å². The lowest BCUT2D eigenvalue weighted by atomic mass is 10.2. The minimum absolute atomic E-state index is 0.560. The SMILES string of the molecule is Cc1cn2ccc(C)c(NCc3c(Cl)cccc3Cl)c2n1. The van der Waals surface area contributed by atoms with Gasteiger partial charge in [0.25, 0.3) is 0 Å². The number of aryl methyl sites for hydroxylation is 2. The Morgan fingerprint density at radius 3 is 2.57 bits per heavy atom. The molecule has 0 fully saturated rings. The quantitative estimate of drug-likeness (QED) is 0.746. The average molecular weight is 320 g/mol. The second-order valence-electron chi connectivity index (χ2n) is 5.04. The van der Waals surface area contributed by atoms with Crippen LogP contribution in [0.3, 0.4) is 0 Å². The van der Waals surface area contributed by atoms with E-state index < -0.39 is 0 Å². The molecule has 0 saturated carbocycles. The Morgan fingerprint density at radius 1 is 1.14 bits per heavy atom. The van der Waals surface area contributed by atoms with Crippen molar-refractivity contribution in [1.29, 1.82) is 0 Å². The number of benzene rings is 1. The molecule has 0 amide bonds. The second-order valence-corrected chi connectivity index (χ2v) is 5.86. The average Bonchev–Trinajstić information content (AvgIpc) is 2.81. The van der Waals surface area contributed by atoms with E-state index in [2.05, 4.69) is 23.3 Å². The van der Waals surface area contributed by atoms with Crippen LogP contribution in [-0.4, -0.2) is 9.38 Å². The summed E-state index contributed by atoms with van der Waals surface area (Å²) >= 11 is 12.4. The van der Waals surface area contributed by atoms with Crippen molar-refractivity contribution in [3.63, 3.8) is 0 Å². The van der Waals surface area contributed by atoms with E-state index in [-0.39, 0.29) is 0 Å². The molecule has 3 rings (SSSR count). The monoisotopic (exact) mass is 319 g/mol. The topological polar surface area (TPSA) is 29.3 Å². The lowest BCUT2D eigenvalue weighted by Gasteiger charge is -2.13. The van der Waals surface area contributed by atoms with Gasteiger partial charge in [-0.1, -0.05) is 29.3 Å². The zero-order valence-electron chi connectivity index (χ0n) is 11.8. The number of anilines is 1.